The fourth-order valence-electron chi connectivity index (χ4n) is 2.53. The van der Waals surface area contributed by atoms with Crippen LogP contribution in [0.15, 0.2) is 18.2 Å². The summed E-state index contributed by atoms with van der Waals surface area (Å²) >= 11 is 0. The van der Waals surface area contributed by atoms with Crippen molar-refractivity contribution in [2.45, 2.75) is 26.3 Å². The van der Waals surface area contributed by atoms with Gasteiger partial charge in [-0.3, -0.25) is 9.69 Å². The summed E-state index contributed by atoms with van der Waals surface area (Å²) < 4.78 is 0. The molecular formula is C15H24N4O. The number of carbonyl (C=O) groups excluding carboxylic acids is 1. The van der Waals surface area contributed by atoms with Crippen molar-refractivity contribution < 1.29 is 4.79 Å². The van der Waals surface area contributed by atoms with Gasteiger partial charge < -0.3 is 16.4 Å². The van der Waals surface area contributed by atoms with Gasteiger partial charge >= 0.3 is 0 Å². The Hall–Kier alpha value is -1.75. The first-order valence-electron chi connectivity index (χ1n) is 6.98. The van der Waals surface area contributed by atoms with Crippen LogP contribution < -0.4 is 11.5 Å². The third kappa shape index (κ3) is 3.04. The van der Waals surface area contributed by atoms with Crippen molar-refractivity contribution in [1.29, 1.82) is 0 Å². The van der Waals surface area contributed by atoms with E-state index in [0.717, 1.165) is 26.2 Å². The van der Waals surface area contributed by atoms with Gasteiger partial charge in [-0.1, -0.05) is 0 Å². The van der Waals surface area contributed by atoms with E-state index in [1.165, 1.54) is 0 Å². The number of carbonyl (C=O) groups is 1. The normalized spacial score (nSPS) is 17.2. The van der Waals surface area contributed by atoms with E-state index in [2.05, 4.69) is 25.7 Å². The minimum absolute atomic E-state index is 0.00365. The molecule has 5 nitrogen and oxygen atoms in total. The van der Waals surface area contributed by atoms with Gasteiger partial charge in [-0.25, -0.2) is 0 Å². The Morgan fingerprint density at radius 1 is 1.10 bits per heavy atom. The Morgan fingerprint density at radius 3 is 2.20 bits per heavy atom. The SMILES string of the molecule is CC(C)(C)N1CCN(C(=O)c2ccc(N)cc2N)CC1. The first kappa shape index (κ1) is 14.7. The molecule has 0 radical (unpaired) electrons. The minimum atomic E-state index is -0.00365. The van der Waals surface area contributed by atoms with E-state index in [9.17, 15) is 4.79 Å². The van der Waals surface area contributed by atoms with E-state index in [1.807, 2.05) is 4.90 Å². The zero-order valence-corrected chi connectivity index (χ0v) is 12.5. The zero-order chi connectivity index (χ0) is 14.9. The van der Waals surface area contributed by atoms with Gasteiger partial charge in [0.1, 0.15) is 0 Å². The number of benzene rings is 1. The molecule has 1 aliphatic heterocycles. The van der Waals surface area contributed by atoms with Crippen LogP contribution >= 0.6 is 0 Å². The van der Waals surface area contributed by atoms with Crippen LogP contribution in [0.5, 0.6) is 0 Å². The molecule has 0 bridgehead atoms. The fraction of sp³-hybridized carbons (Fsp3) is 0.533. The molecule has 0 aliphatic carbocycles. The fourth-order valence-corrected chi connectivity index (χ4v) is 2.53. The Labute approximate surface area is 120 Å². The van der Waals surface area contributed by atoms with Crippen LogP contribution in [0.25, 0.3) is 0 Å². The van der Waals surface area contributed by atoms with Gasteiger partial charge in [-0.2, -0.15) is 0 Å². The molecule has 0 unspecified atom stereocenters. The molecule has 1 amide bonds. The number of nitrogens with two attached hydrogens (primary N) is 2. The number of rotatable bonds is 1. The average Bonchev–Trinajstić information content (AvgIpc) is 2.37. The lowest BCUT2D eigenvalue weighted by molar-refractivity contribution is 0.0452. The molecule has 1 saturated heterocycles. The van der Waals surface area contributed by atoms with Crippen LogP contribution in [0.2, 0.25) is 0 Å². The summed E-state index contributed by atoms with van der Waals surface area (Å²) in [4.78, 5) is 16.7. The van der Waals surface area contributed by atoms with Crippen LogP contribution in [0.3, 0.4) is 0 Å². The molecule has 20 heavy (non-hydrogen) atoms. The molecule has 0 saturated carbocycles. The Morgan fingerprint density at radius 2 is 1.70 bits per heavy atom. The van der Waals surface area contributed by atoms with E-state index in [-0.39, 0.29) is 11.4 Å². The largest absolute Gasteiger partial charge is 0.399 e. The van der Waals surface area contributed by atoms with Crippen molar-refractivity contribution in [3.05, 3.63) is 23.8 Å². The monoisotopic (exact) mass is 276 g/mol. The second-order valence-corrected chi connectivity index (χ2v) is 6.30. The Balaban J connectivity index is 2.05. The number of amides is 1. The highest BCUT2D eigenvalue weighted by Gasteiger charge is 2.28. The van der Waals surface area contributed by atoms with E-state index in [0.29, 0.717) is 16.9 Å². The summed E-state index contributed by atoms with van der Waals surface area (Å²) in [5.74, 6) is -0.00365. The van der Waals surface area contributed by atoms with Gasteiger partial charge in [-0.05, 0) is 39.0 Å². The molecule has 5 heteroatoms. The van der Waals surface area contributed by atoms with Gasteiger partial charge in [0, 0.05) is 43.1 Å². The molecule has 4 N–H and O–H groups in total. The maximum atomic E-state index is 12.5. The molecule has 1 aromatic rings. The van der Waals surface area contributed by atoms with Gasteiger partial charge in [0.2, 0.25) is 0 Å². The van der Waals surface area contributed by atoms with E-state index in [4.69, 9.17) is 11.5 Å². The number of hydrogen-bond acceptors (Lipinski definition) is 4. The summed E-state index contributed by atoms with van der Waals surface area (Å²) in [7, 11) is 0. The number of hydrogen-bond donors (Lipinski definition) is 2. The predicted octanol–water partition coefficient (Wildman–Crippen LogP) is 1.41. The molecular weight excluding hydrogens is 252 g/mol. The topological polar surface area (TPSA) is 75.6 Å². The van der Waals surface area contributed by atoms with Crippen molar-refractivity contribution in [3.63, 3.8) is 0 Å². The molecule has 0 atom stereocenters. The van der Waals surface area contributed by atoms with Crippen LogP contribution in [0.1, 0.15) is 31.1 Å². The highest BCUT2D eigenvalue weighted by Crippen LogP contribution is 2.20. The maximum absolute atomic E-state index is 12.5. The van der Waals surface area contributed by atoms with Crippen molar-refractivity contribution in [3.8, 4) is 0 Å². The van der Waals surface area contributed by atoms with Gasteiger partial charge in [0.15, 0.2) is 0 Å². The molecule has 1 heterocycles. The van der Waals surface area contributed by atoms with Crippen molar-refractivity contribution in [1.82, 2.24) is 9.80 Å². The molecule has 0 spiro atoms. The number of nitrogens with zero attached hydrogens (tertiary/aromatic N) is 2. The van der Waals surface area contributed by atoms with E-state index in [1.54, 1.807) is 18.2 Å². The quantitative estimate of drug-likeness (QED) is 0.760. The number of nitrogen functional groups attached to an aromatic ring is 2. The molecule has 1 fully saturated rings. The smallest absolute Gasteiger partial charge is 0.256 e. The molecule has 0 aromatic heterocycles. The second-order valence-electron chi connectivity index (χ2n) is 6.30. The average molecular weight is 276 g/mol. The van der Waals surface area contributed by atoms with Crippen molar-refractivity contribution in [2.75, 3.05) is 37.6 Å². The zero-order valence-electron chi connectivity index (χ0n) is 12.5. The lowest BCUT2D eigenvalue weighted by Gasteiger charge is -2.42. The van der Waals surface area contributed by atoms with E-state index < -0.39 is 0 Å². The Kier molecular flexibility index (Phi) is 3.90. The first-order chi connectivity index (χ1) is 9.29. The van der Waals surface area contributed by atoms with Crippen LogP contribution in [0, 0.1) is 0 Å². The summed E-state index contributed by atoms with van der Waals surface area (Å²) in [5.41, 5.74) is 13.3. The third-order valence-corrected chi connectivity index (χ3v) is 3.82. The van der Waals surface area contributed by atoms with Gasteiger partial charge in [-0.15, -0.1) is 0 Å². The maximum Gasteiger partial charge on any atom is 0.256 e. The molecule has 110 valence electrons. The first-order valence-corrected chi connectivity index (χ1v) is 6.98. The van der Waals surface area contributed by atoms with Crippen LogP contribution in [-0.2, 0) is 0 Å². The molecule has 1 aromatic carbocycles. The Bertz CT molecular complexity index is 499. The van der Waals surface area contributed by atoms with Crippen molar-refractivity contribution >= 4 is 17.3 Å². The summed E-state index contributed by atoms with van der Waals surface area (Å²) in [6, 6.07) is 5.07. The van der Waals surface area contributed by atoms with Crippen LogP contribution in [-0.4, -0.2) is 47.4 Å². The van der Waals surface area contributed by atoms with Gasteiger partial charge in [0.05, 0.1) is 5.56 Å². The highest BCUT2D eigenvalue weighted by atomic mass is 16.2. The molecule has 1 aliphatic rings. The number of piperazine rings is 1. The summed E-state index contributed by atoms with van der Waals surface area (Å²) in [6.07, 6.45) is 0. The van der Waals surface area contributed by atoms with Crippen LogP contribution in [0.4, 0.5) is 11.4 Å². The third-order valence-electron chi connectivity index (χ3n) is 3.82. The van der Waals surface area contributed by atoms with Gasteiger partial charge in [0.25, 0.3) is 5.91 Å². The molecule has 2 rings (SSSR count). The second kappa shape index (κ2) is 5.32. The highest BCUT2D eigenvalue weighted by molar-refractivity contribution is 5.99. The van der Waals surface area contributed by atoms with E-state index >= 15 is 0 Å². The predicted molar refractivity (Wildman–Crippen MR) is 82.5 cm³/mol. The minimum Gasteiger partial charge on any atom is -0.399 e. The summed E-state index contributed by atoms with van der Waals surface area (Å²) in [5, 5.41) is 0. The standard InChI is InChI=1S/C15H24N4O/c1-15(2,3)19-8-6-18(7-9-19)14(20)12-5-4-11(16)10-13(12)17/h4-5,10H,6-9,16-17H2,1-3H3. The lowest BCUT2D eigenvalue weighted by Crippen LogP contribution is -2.54. The lowest BCUT2D eigenvalue weighted by atomic mass is 10.0. The summed E-state index contributed by atoms with van der Waals surface area (Å²) in [6.45, 7) is 9.85. The number of anilines is 2. The van der Waals surface area contributed by atoms with Crippen molar-refractivity contribution in [2.24, 2.45) is 0 Å².